The number of aromatic nitrogens is 1. The van der Waals surface area contributed by atoms with Gasteiger partial charge in [0.2, 0.25) is 0 Å². The Balaban J connectivity index is 1.87. The van der Waals surface area contributed by atoms with Crippen LogP contribution in [0.15, 0.2) is 29.3 Å². The molecule has 92 valence electrons. The van der Waals surface area contributed by atoms with Gasteiger partial charge in [-0.05, 0) is 24.3 Å². The van der Waals surface area contributed by atoms with Crippen molar-refractivity contribution in [1.29, 1.82) is 0 Å². The molecule has 1 aliphatic heterocycles. The van der Waals surface area contributed by atoms with Crippen molar-refractivity contribution in [3.8, 4) is 0 Å². The van der Waals surface area contributed by atoms with Crippen LogP contribution < -0.4 is 5.32 Å². The number of carbonyl (C=O) groups excluding carboxylic acids is 1. The van der Waals surface area contributed by atoms with E-state index in [4.69, 9.17) is 11.6 Å². The molecule has 6 heteroatoms. The lowest BCUT2D eigenvalue weighted by Crippen LogP contribution is -2.27. The molecule has 0 fully saturated rings. The van der Waals surface area contributed by atoms with Gasteiger partial charge in [-0.2, -0.15) is 0 Å². The van der Waals surface area contributed by atoms with Crippen LogP contribution in [-0.2, 0) is 0 Å². The Morgan fingerprint density at radius 3 is 3.11 bits per heavy atom. The molecular formula is C12H10ClN3OS. The number of aromatic amines is 1. The topological polar surface area (TPSA) is 57.2 Å². The molecule has 1 aromatic carbocycles. The van der Waals surface area contributed by atoms with Gasteiger partial charge in [0.05, 0.1) is 6.54 Å². The molecule has 2 aromatic rings. The summed E-state index contributed by atoms with van der Waals surface area (Å²) in [6.07, 6.45) is 0. The number of fused-ring (bicyclic) bond motifs is 1. The average Bonchev–Trinajstić information content (AvgIpc) is 2.96. The van der Waals surface area contributed by atoms with Crippen LogP contribution in [0.25, 0.3) is 10.9 Å². The Morgan fingerprint density at radius 2 is 2.33 bits per heavy atom. The third-order valence-corrected chi connectivity index (χ3v) is 3.76. The van der Waals surface area contributed by atoms with Crippen LogP contribution in [0.2, 0.25) is 5.02 Å². The lowest BCUT2D eigenvalue weighted by Gasteiger charge is -2.00. The third kappa shape index (κ3) is 2.23. The number of aliphatic imine (C=N–C) groups is 1. The normalized spacial score (nSPS) is 14.8. The number of H-pyrrole nitrogens is 1. The summed E-state index contributed by atoms with van der Waals surface area (Å²) in [5, 5.41) is 5.05. The number of thioether (sulfide) groups is 1. The van der Waals surface area contributed by atoms with Gasteiger partial charge >= 0.3 is 0 Å². The van der Waals surface area contributed by atoms with E-state index in [-0.39, 0.29) is 5.91 Å². The Kier molecular flexibility index (Phi) is 3.01. The van der Waals surface area contributed by atoms with E-state index in [1.54, 1.807) is 23.9 Å². The van der Waals surface area contributed by atoms with Gasteiger partial charge < -0.3 is 10.3 Å². The zero-order chi connectivity index (χ0) is 12.5. The fourth-order valence-electron chi connectivity index (χ4n) is 1.80. The molecule has 0 saturated carbocycles. The van der Waals surface area contributed by atoms with Crippen LogP contribution in [0.5, 0.6) is 0 Å². The van der Waals surface area contributed by atoms with Crippen LogP contribution in [0, 0.1) is 0 Å². The highest BCUT2D eigenvalue weighted by molar-refractivity contribution is 8.14. The largest absolute Gasteiger partial charge is 0.351 e. The van der Waals surface area contributed by atoms with E-state index >= 15 is 0 Å². The smallest absolute Gasteiger partial charge is 0.273 e. The first-order chi connectivity index (χ1) is 8.72. The van der Waals surface area contributed by atoms with E-state index in [0.717, 1.165) is 23.2 Å². The first-order valence-corrected chi connectivity index (χ1v) is 6.85. The summed E-state index contributed by atoms with van der Waals surface area (Å²) in [5.74, 6) is 0.758. The first kappa shape index (κ1) is 11.6. The van der Waals surface area contributed by atoms with Crippen LogP contribution in [0.1, 0.15) is 10.5 Å². The van der Waals surface area contributed by atoms with Crippen molar-refractivity contribution < 1.29 is 4.79 Å². The molecule has 1 aliphatic rings. The predicted molar refractivity (Wildman–Crippen MR) is 75.5 cm³/mol. The minimum atomic E-state index is -0.171. The monoisotopic (exact) mass is 279 g/mol. The molecule has 0 radical (unpaired) electrons. The zero-order valence-electron chi connectivity index (χ0n) is 9.37. The van der Waals surface area contributed by atoms with Gasteiger partial charge in [-0.15, -0.1) is 0 Å². The van der Waals surface area contributed by atoms with E-state index in [2.05, 4.69) is 15.3 Å². The molecule has 3 rings (SSSR count). The quantitative estimate of drug-likeness (QED) is 0.843. The van der Waals surface area contributed by atoms with Gasteiger partial charge in [-0.25, -0.2) is 0 Å². The molecule has 1 amide bonds. The second-order valence-corrected chi connectivity index (χ2v) is 5.42. The first-order valence-electron chi connectivity index (χ1n) is 5.49. The van der Waals surface area contributed by atoms with Crippen LogP contribution >= 0.6 is 23.4 Å². The van der Waals surface area contributed by atoms with Crippen LogP contribution in [0.3, 0.4) is 0 Å². The summed E-state index contributed by atoms with van der Waals surface area (Å²) >= 11 is 7.47. The second kappa shape index (κ2) is 4.66. The van der Waals surface area contributed by atoms with Gasteiger partial charge in [0, 0.05) is 21.7 Å². The summed E-state index contributed by atoms with van der Waals surface area (Å²) in [6.45, 7) is 0.766. The molecule has 0 spiro atoms. The number of hydrogen-bond acceptors (Lipinski definition) is 3. The highest BCUT2D eigenvalue weighted by Crippen LogP contribution is 2.20. The fourth-order valence-corrected chi connectivity index (χ4v) is 2.70. The number of hydrogen-bond donors (Lipinski definition) is 2. The maximum Gasteiger partial charge on any atom is 0.273 e. The Labute approximate surface area is 113 Å². The van der Waals surface area contributed by atoms with E-state index < -0.39 is 0 Å². The lowest BCUT2D eigenvalue weighted by atomic mass is 10.2. The second-order valence-electron chi connectivity index (χ2n) is 3.90. The van der Waals surface area contributed by atoms with Gasteiger partial charge in [-0.1, -0.05) is 23.4 Å². The van der Waals surface area contributed by atoms with Crippen molar-refractivity contribution in [2.24, 2.45) is 4.99 Å². The molecular weight excluding hydrogens is 270 g/mol. The number of rotatable bonds is 1. The minimum Gasteiger partial charge on any atom is -0.351 e. The Morgan fingerprint density at radius 1 is 1.44 bits per heavy atom. The molecule has 1 aromatic heterocycles. The molecule has 2 heterocycles. The Hall–Kier alpha value is -1.46. The van der Waals surface area contributed by atoms with Gasteiger partial charge in [-0.3, -0.25) is 9.79 Å². The molecule has 4 nitrogen and oxygen atoms in total. The number of amides is 1. The fraction of sp³-hybridized carbons (Fsp3) is 0.167. The molecule has 0 bridgehead atoms. The van der Waals surface area contributed by atoms with Crippen molar-refractivity contribution >= 4 is 45.3 Å². The van der Waals surface area contributed by atoms with E-state index in [1.165, 1.54) is 0 Å². The lowest BCUT2D eigenvalue weighted by molar-refractivity contribution is 0.0974. The van der Waals surface area contributed by atoms with Crippen molar-refractivity contribution in [1.82, 2.24) is 10.3 Å². The summed E-state index contributed by atoms with van der Waals surface area (Å²) < 4.78 is 0. The number of halogens is 1. The molecule has 0 aliphatic carbocycles. The maximum atomic E-state index is 12.0. The predicted octanol–water partition coefficient (Wildman–Crippen LogP) is 2.65. The molecule has 0 unspecified atom stereocenters. The van der Waals surface area contributed by atoms with Crippen molar-refractivity contribution in [3.63, 3.8) is 0 Å². The number of carbonyl (C=O) groups is 1. The maximum absolute atomic E-state index is 12.0. The number of nitrogens with zero attached hydrogens (tertiary/aromatic N) is 1. The van der Waals surface area contributed by atoms with Gasteiger partial charge in [0.1, 0.15) is 5.69 Å². The van der Waals surface area contributed by atoms with Gasteiger partial charge in [0.15, 0.2) is 5.17 Å². The van der Waals surface area contributed by atoms with Crippen molar-refractivity contribution in [2.45, 2.75) is 0 Å². The van der Waals surface area contributed by atoms with E-state index in [1.807, 2.05) is 12.1 Å². The summed E-state index contributed by atoms with van der Waals surface area (Å²) in [4.78, 5) is 19.2. The number of benzene rings is 1. The molecule has 2 N–H and O–H groups in total. The number of amidine groups is 1. The standard InChI is InChI=1S/C12H10ClN3OS/c13-8-1-2-9-7(5-8)6-10(15-9)11(17)16-12-14-3-4-18-12/h1-2,5-6,15H,3-4H2,(H,14,16,17). The average molecular weight is 280 g/mol. The highest BCUT2D eigenvalue weighted by Gasteiger charge is 2.14. The van der Waals surface area contributed by atoms with Crippen LogP contribution in [-0.4, -0.2) is 28.4 Å². The van der Waals surface area contributed by atoms with Crippen LogP contribution in [0.4, 0.5) is 0 Å². The molecule has 18 heavy (non-hydrogen) atoms. The summed E-state index contributed by atoms with van der Waals surface area (Å²) in [7, 11) is 0. The van der Waals surface area contributed by atoms with E-state index in [9.17, 15) is 4.79 Å². The van der Waals surface area contributed by atoms with E-state index in [0.29, 0.717) is 15.9 Å². The van der Waals surface area contributed by atoms with Crippen molar-refractivity contribution in [3.05, 3.63) is 35.0 Å². The Bertz CT molecular complexity index is 650. The SMILES string of the molecule is O=C(NC1=NCCS1)c1cc2cc(Cl)ccc2[nH]1. The highest BCUT2D eigenvalue weighted by atomic mass is 35.5. The number of nitrogens with one attached hydrogen (secondary N) is 2. The minimum absolute atomic E-state index is 0.171. The van der Waals surface area contributed by atoms with Gasteiger partial charge in [0.25, 0.3) is 5.91 Å². The summed E-state index contributed by atoms with van der Waals surface area (Å²) in [6, 6.07) is 7.26. The van der Waals surface area contributed by atoms with Crippen molar-refractivity contribution in [2.75, 3.05) is 12.3 Å². The summed E-state index contributed by atoms with van der Waals surface area (Å²) in [5.41, 5.74) is 1.41. The molecule has 0 atom stereocenters. The third-order valence-electron chi connectivity index (χ3n) is 2.63. The molecule has 0 saturated heterocycles. The zero-order valence-corrected chi connectivity index (χ0v) is 10.9.